The largest absolute Gasteiger partial charge is 0.467 e. The van der Waals surface area contributed by atoms with Crippen molar-refractivity contribution in [1.82, 2.24) is 5.32 Å². The number of esters is 1. The van der Waals surface area contributed by atoms with Crippen molar-refractivity contribution < 1.29 is 14.3 Å². The number of nitrogens with one attached hydrogen (secondary N) is 1. The quantitative estimate of drug-likeness (QED) is 0.621. The Morgan fingerprint density at radius 2 is 1.94 bits per heavy atom. The van der Waals surface area contributed by atoms with Crippen molar-refractivity contribution in [3.63, 3.8) is 0 Å². The van der Waals surface area contributed by atoms with Crippen molar-refractivity contribution in [3.05, 3.63) is 0 Å². The number of nitrogens with two attached hydrogens (primary N) is 1. The lowest BCUT2D eigenvalue weighted by atomic mass is 10.0. The van der Waals surface area contributed by atoms with Gasteiger partial charge in [-0.25, -0.2) is 4.79 Å². The van der Waals surface area contributed by atoms with E-state index in [0.717, 1.165) is 12.8 Å². The van der Waals surface area contributed by atoms with Crippen LogP contribution in [-0.2, 0) is 14.3 Å². The summed E-state index contributed by atoms with van der Waals surface area (Å²) in [6.45, 7) is 4.30. The number of methoxy groups -OCH3 is 1. The Balaban J connectivity index is 3.78. The van der Waals surface area contributed by atoms with Gasteiger partial charge in [0.15, 0.2) is 0 Å². The molecule has 0 aromatic carbocycles. The SMILES string of the molecule is COC(=O)[C@H](C)NC(=O)CCC(C)CCN. The lowest BCUT2D eigenvalue weighted by Crippen LogP contribution is -2.39. The predicted octanol–water partition coefficient (Wildman–Crippen LogP) is 0.429. The number of carbonyl (C=O) groups excluding carboxylic acids is 2. The van der Waals surface area contributed by atoms with E-state index in [2.05, 4.69) is 17.0 Å². The Morgan fingerprint density at radius 1 is 1.31 bits per heavy atom. The van der Waals surface area contributed by atoms with Gasteiger partial charge in [-0.15, -0.1) is 0 Å². The van der Waals surface area contributed by atoms with Gasteiger partial charge in [0.05, 0.1) is 7.11 Å². The first kappa shape index (κ1) is 14.9. The second-order valence-corrected chi connectivity index (χ2v) is 4.03. The standard InChI is InChI=1S/C11H22N2O3/c1-8(6-7-12)4-5-10(14)13-9(2)11(15)16-3/h8-9H,4-7,12H2,1-3H3,(H,13,14)/t8?,9-/m0/s1. The lowest BCUT2D eigenvalue weighted by Gasteiger charge is -2.13. The summed E-state index contributed by atoms with van der Waals surface area (Å²) >= 11 is 0. The van der Waals surface area contributed by atoms with Crippen molar-refractivity contribution >= 4 is 11.9 Å². The van der Waals surface area contributed by atoms with Crippen molar-refractivity contribution in [2.75, 3.05) is 13.7 Å². The molecule has 5 nitrogen and oxygen atoms in total. The summed E-state index contributed by atoms with van der Waals surface area (Å²) < 4.78 is 4.51. The van der Waals surface area contributed by atoms with Crippen molar-refractivity contribution in [3.8, 4) is 0 Å². The van der Waals surface area contributed by atoms with Crippen molar-refractivity contribution in [2.45, 2.75) is 39.2 Å². The second kappa shape index (κ2) is 8.10. The molecule has 0 rings (SSSR count). The van der Waals surface area contributed by atoms with E-state index >= 15 is 0 Å². The summed E-state index contributed by atoms with van der Waals surface area (Å²) in [6.07, 6.45) is 2.12. The molecule has 0 saturated heterocycles. The van der Waals surface area contributed by atoms with E-state index in [1.54, 1.807) is 6.92 Å². The van der Waals surface area contributed by atoms with Gasteiger partial charge in [-0.3, -0.25) is 4.79 Å². The molecule has 0 aliphatic rings. The molecule has 3 N–H and O–H groups in total. The van der Waals surface area contributed by atoms with Crippen LogP contribution in [0.1, 0.15) is 33.1 Å². The topological polar surface area (TPSA) is 81.4 Å². The summed E-state index contributed by atoms with van der Waals surface area (Å²) in [5.74, 6) is -0.116. The lowest BCUT2D eigenvalue weighted by molar-refractivity contribution is -0.144. The third-order valence-corrected chi connectivity index (χ3v) is 2.46. The maximum Gasteiger partial charge on any atom is 0.328 e. The summed E-state index contributed by atoms with van der Waals surface area (Å²) in [4.78, 5) is 22.5. The smallest absolute Gasteiger partial charge is 0.328 e. The van der Waals surface area contributed by atoms with Crippen LogP contribution in [0.15, 0.2) is 0 Å². The fraction of sp³-hybridized carbons (Fsp3) is 0.818. The Bertz CT molecular complexity index is 231. The van der Waals surface area contributed by atoms with Gasteiger partial charge in [-0.2, -0.15) is 0 Å². The van der Waals surface area contributed by atoms with Crippen LogP contribution in [0.2, 0.25) is 0 Å². The van der Waals surface area contributed by atoms with Gasteiger partial charge in [-0.05, 0) is 32.2 Å². The molecule has 0 saturated carbocycles. The highest BCUT2D eigenvalue weighted by molar-refractivity contribution is 5.83. The summed E-state index contributed by atoms with van der Waals surface area (Å²) in [6, 6.07) is -0.581. The van der Waals surface area contributed by atoms with Crippen molar-refractivity contribution in [2.24, 2.45) is 11.7 Å². The Labute approximate surface area is 96.7 Å². The number of hydrogen-bond donors (Lipinski definition) is 2. The van der Waals surface area contributed by atoms with Gasteiger partial charge >= 0.3 is 5.97 Å². The highest BCUT2D eigenvalue weighted by Crippen LogP contribution is 2.08. The fourth-order valence-electron chi connectivity index (χ4n) is 1.36. The van der Waals surface area contributed by atoms with Gasteiger partial charge in [0.25, 0.3) is 0 Å². The molecule has 1 amide bonds. The van der Waals surface area contributed by atoms with Crippen LogP contribution in [0.5, 0.6) is 0 Å². The zero-order valence-electron chi connectivity index (χ0n) is 10.3. The van der Waals surface area contributed by atoms with Gasteiger partial charge < -0.3 is 15.8 Å². The van der Waals surface area contributed by atoms with E-state index < -0.39 is 12.0 Å². The van der Waals surface area contributed by atoms with Crippen LogP contribution in [0, 0.1) is 5.92 Å². The van der Waals surface area contributed by atoms with E-state index in [9.17, 15) is 9.59 Å². The first-order valence-corrected chi connectivity index (χ1v) is 5.58. The fourth-order valence-corrected chi connectivity index (χ4v) is 1.36. The van der Waals surface area contributed by atoms with Crippen LogP contribution in [0.25, 0.3) is 0 Å². The number of rotatable bonds is 7. The molecular formula is C11H22N2O3. The molecule has 0 aromatic rings. The van der Waals surface area contributed by atoms with Crippen LogP contribution in [0.4, 0.5) is 0 Å². The van der Waals surface area contributed by atoms with Crippen LogP contribution in [-0.4, -0.2) is 31.6 Å². The number of amides is 1. The van der Waals surface area contributed by atoms with Gasteiger partial charge in [-0.1, -0.05) is 6.92 Å². The molecule has 16 heavy (non-hydrogen) atoms. The zero-order chi connectivity index (χ0) is 12.6. The molecule has 0 spiro atoms. The molecule has 0 heterocycles. The normalized spacial score (nSPS) is 14.0. The van der Waals surface area contributed by atoms with E-state index in [1.807, 2.05) is 0 Å². The molecule has 0 bridgehead atoms. The van der Waals surface area contributed by atoms with E-state index in [4.69, 9.17) is 5.73 Å². The van der Waals surface area contributed by atoms with Crippen LogP contribution in [0.3, 0.4) is 0 Å². The third-order valence-electron chi connectivity index (χ3n) is 2.46. The minimum Gasteiger partial charge on any atom is -0.467 e. The summed E-state index contributed by atoms with van der Waals surface area (Å²) in [5, 5.41) is 2.58. The Kier molecular flexibility index (Phi) is 7.54. The zero-order valence-corrected chi connectivity index (χ0v) is 10.3. The molecular weight excluding hydrogens is 208 g/mol. The van der Waals surface area contributed by atoms with Gasteiger partial charge in [0, 0.05) is 6.42 Å². The first-order valence-electron chi connectivity index (χ1n) is 5.58. The van der Waals surface area contributed by atoms with Crippen molar-refractivity contribution in [1.29, 1.82) is 0 Å². The first-order chi connectivity index (χ1) is 7.51. The highest BCUT2D eigenvalue weighted by atomic mass is 16.5. The van der Waals surface area contributed by atoms with E-state index in [0.29, 0.717) is 18.9 Å². The van der Waals surface area contributed by atoms with Gasteiger partial charge in [0.2, 0.25) is 5.91 Å². The van der Waals surface area contributed by atoms with E-state index in [1.165, 1.54) is 7.11 Å². The summed E-state index contributed by atoms with van der Waals surface area (Å²) in [7, 11) is 1.30. The third kappa shape index (κ3) is 6.40. The van der Waals surface area contributed by atoms with Crippen LogP contribution >= 0.6 is 0 Å². The maximum absolute atomic E-state index is 11.4. The molecule has 94 valence electrons. The molecule has 0 fully saturated rings. The predicted molar refractivity (Wildman–Crippen MR) is 61.7 cm³/mol. The molecule has 0 radical (unpaired) electrons. The average Bonchev–Trinajstić information content (AvgIpc) is 2.25. The number of ether oxygens (including phenoxy) is 1. The minimum absolute atomic E-state index is 0.123. The van der Waals surface area contributed by atoms with Crippen LogP contribution < -0.4 is 11.1 Å². The second-order valence-electron chi connectivity index (χ2n) is 4.03. The minimum atomic E-state index is -0.581. The molecule has 2 atom stereocenters. The monoisotopic (exact) mass is 230 g/mol. The highest BCUT2D eigenvalue weighted by Gasteiger charge is 2.15. The molecule has 0 aliphatic heterocycles. The molecule has 1 unspecified atom stereocenters. The van der Waals surface area contributed by atoms with Gasteiger partial charge in [0.1, 0.15) is 6.04 Å². The van der Waals surface area contributed by atoms with E-state index in [-0.39, 0.29) is 5.91 Å². The average molecular weight is 230 g/mol. The Hall–Kier alpha value is -1.10. The number of hydrogen-bond acceptors (Lipinski definition) is 4. The summed E-state index contributed by atoms with van der Waals surface area (Å²) in [5.41, 5.74) is 5.41. The molecule has 5 heteroatoms. The number of carbonyl (C=O) groups is 2. The molecule has 0 aromatic heterocycles. The maximum atomic E-state index is 11.4. The Morgan fingerprint density at radius 3 is 2.44 bits per heavy atom. The molecule has 0 aliphatic carbocycles.